The fourth-order valence-electron chi connectivity index (χ4n) is 4.90. The zero-order chi connectivity index (χ0) is 24.0. The number of carbonyl (C=O) groups excluding carboxylic acids is 2. The Kier molecular flexibility index (Phi) is 7.28. The maximum Gasteiger partial charge on any atom is 0.242 e. The first-order valence-corrected chi connectivity index (χ1v) is 12.6. The van der Waals surface area contributed by atoms with E-state index in [-0.39, 0.29) is 18.4 Å². The van der Waals surface area contributed by atoms with Crippen LogP contribution in [0, 0.1) is 0 Å². The van der Waals surface area contributed by atoms with Gasteiger partial charge in [0.2, 0.25) is 11.8 Å². The molecule has 8 heteroatoms. The molecule has 35 heavy (non-hydrogen) atoms. The van der Waals surface area contributed by atoms with Crippen molar-refractivity contribution in [2.24, 2.45) is 0 Å². The van der Waals surface area contributed by atoms with Gasteiger partial charge in [-0.3, -0.25) is 14.5 Å². The van der Waals surface area contributed by atoms with Crippen LogP contribution in [0.2, 0.25) is 0 Å². The van der Waals surface area contributed by atoms with Crippen molar-refractivity contribution >= 4 is 22.8 Å². The van der Waals surface area contributed by atoms with Crippen molar-refractivity contribution in [3.05, 3.63) is 60.4 Å². The number of amides is 2. The number of rotatable bonds is 7. The molecule has 2 amide bonds. The maximum atomic E-state index is 13.3. The summed E-state index contributed by atoms with van der Waals surface area (Å²) in [5.41, 5.74) is 1.78. The number of imidazole rings is 1. The number of piperazine rings is 1. The minimum Gasteiger partial charge on any atom is -0.486 e. The molecule has 0 atom stereocenters. The summed E-state index contributed by atoms with van der Waals surface area (Å²) in [4.78, 5) is 36.7. The second-order valence-electron chi connectivity index (χ2n) is 9.30. The molecule has 0 radical (unpaired) electrons. The molecule has 0 bridgehead atoms. The Morgan fingerprint density at radius 2 is 1.40 bits per heavy atom. The Morgan fingerprint density at radius 3 is 2.17 bits per heavy atom. The highest BCUT2D eigenvalue weighted by atomic mass is 16.5. The third kappa shape index (κ3) is 5.65. The molecule has 0 spiro atoms. The van der Waals surface area contributed by atoms with E-state index in [4.69, 9.17) is 9.72 Å². The molecule has 2 aliphatic rings. The summed E-state index contributed by atoms with van der Waals surface area (Å²) < 4.78 is 7.90. The number of hydrogen-bond acceptors (Lipinski definition) is 5. The van der Waals surface area contributed by atoms with Gasteiger partial charge in [0.25, 0.3) is 0 Å². The summed E-state index contributed by atoms with van der Waals surface area (Å²) in [5.74, 6) is 1.79. The number of hydrogen-bond donors (Lipinski definition) is 0. The van der Waals surface area contributed by atoms with Crippen molar-refractivity contribution in [3.8, 4) is 5.75 Å². The monoisotopic (exact) mass is 475 g/mol. The second kappa shape index (κ2) is 10.9. The lowest BCUT2D eigenvalue weighted by atomic mass is 10.1. The number of benzene rings is 2. The lowest BCUT2D eigenvalue weighted by Gasteiger charge is -2.36. The number of nitrogens with zero attached hydrogens (tertiary/aromatic N) is 5. The van der Waals surface area contributed by atoms with Gasteiger partial charge in [0.05, 0.1) is 17.6 Å². The molecule has 3 aromatic rings. The first-order chi connectivity index (χ1) is 17.2. The number of ether oxygens (including phenoxy) is 1. The predicted molar refractivity (Wildman–Crippen MR) is 134 cm³/mol. The van der Waals surface area contributed by atoms with Gasteiger partial charge in [0, 0.05) is 39.3 Å². The van der Waals surface area contributed by atoms with Crippen LogP contribution in [-0.2, 0) is 22.7 Å². The number of aromatic nitrogens is 2. The molecular weight excluding hydrogens is 442 g/mol. The normalized spacial score (nSPS) is 17.0. The minimum absolute atomic E-state index is 0.0659. The van der Waals surface area contributed by atoms with Gasteiger partial charge in [-0.25, -0.2) is 4.98 Å². The third-order valence-electron chi connectivity index (χ3n) is 6.93. The first kappa shape index (κ1) is 23.4. The van der Waals surface area contributed by atoms with Gasteiger partial charge in [-0.15, -0.1) is 0 Å². The number of fused-ring (bicyclic) bond motifs is 1. The molecule has 5 rings (SSSR count). The quantitative estimate of drug-likeness (QED) is 0.526. The van der Waals surface area contributed by atoms with Crippen LogP contribution in [0.25, 0.3) is 11.0 Å². The van der Waals surface area contributed by atoms with Crippen LogP contribution < -0.4 is 4.74 Å². The number of likely N-dealkylation sites (tertiary alicyclic amines) is 1. The van der Waals surface area contributed by atoms with Crippen LogP contribution in [0.3, 0.4) is 0 Å². The van der Waals surface area contributed by atoms with E-state index >= 15 is 0 Å². The minimum atomic E-state index is 0.0659. The summed E-state index contributed by atoms with van der Waals surface area (Å²) in [5, 5.41) is 0. The van der Waals surface area contributed by atoms with Crippen molar-refractivity contribution in [3.63, 3.8) is 0 Å². The van der Waals surface area contributed by atoms with E-state index in [2.05, 4.69) is 4.90 Å². The summed E-state index contributed by atoms with van der Waals surface area (Å²) in [7, 11) is 0. The molecule has 1 aromatic heterocycles. The van der Waals surface area contributed by atoms with Crippen molar-refractivity contribution in [1.82, 2.24) is 24.3 Å². The van der Waals surface area contributed by atoms with Gasteiger partial charge in [0.1, 0.15) is 24.7 Å². The SMILES string of the molecule is O=C(CN1CCN(C(=O)Cn2c(COc3ccccc3)nc3ccccc32)CC1)N1CCCCC1. The molecule has 0 saturated carbocycles. The summed E-state index contributed by atoms with van der Waals surface area (Å²) in [6, 6.07) is 17.5. The lowest BCUT2D eigenvalue weighted by Crippen LogP contribution is -2.52. The largest absolute Gasteiger partial charge is 0.486 e. The topological polar surface area (TPSA) is 70.9 Å². The molecule has 0 N–H and O–H groups in total. The Hall–Kier alpha value is -3.39. The van der Waals surface area contributed by atoms with E-state index < -0.39 is 0 Å². The molecule has 2 aliphatic heterocycles. The van der Waals surface area contributed by atoms with Crippen LogP contribution in [-0.4, -0.2) is 81.9 Å². The molecule has 2 fully saturated rings. The molecular formula is C27H33N5O3. The molecule has 2 aromatic carbocycles. The van der Waals surface area contributed by atoms with Gasteiger partial charge in [-0.05, 0) is 43.5 Å². The Bertz CT molecular complexity index is 1150. The fraction of sp³-hybridized carbons (Fsp3) is 0.444. The van der Waals surface area contributed by atoms with E-state index in [1.165, 1.54) is 6.42 Å². The van der Waals surface area contributed by atoms with E-state index in [1.54, 1.807) is 0 Å². The van der Waals surface area contributed by atoms with Crippen LogP contribution in [0.15, 0.2) is 54.6 Å². The Morgan fingerprint density at radius 1 is 0.743 bits per heavy atom. The molecule has 8 nitrogen and oxygen atoms in total. The third-order valence-corrected chi connectivity index (χ3v) is 6.93. The van der Waals surface area contributed by atoms with E-state index in [9.17, 15) is 9.59 Å². The number of piperidine rings is 1. The van der Waals surface area contributed by atoms with Gasteiger partial charge in [-0.1, -0.05) is 30.3 Å². The first-order valence-electron chi connectivity index (χ1n) is 12.6. The van der Waals surface area contributed by atoms with Crippen molar-refractivity contribution < 1.29 is 14.3 Å². The fourth-order valence-corrected chi connectivity index (χ4v) is 4.90. The van der Waals surface area contributed by atoms with Crippen molar-refractivity contribution in [1.29, 1.82) is 0 Å². The highest BCUT2D eigenvalue weighted by Crippen LogP contribution is 2.19. The molecule has 3 heterocycles. The number of carbonyl (C=O) groups is 2. The van der Waals surface area contributed by atoms with Crippen LogP contribution >= 0.6 is 0 Å². The van der Waals surface area contributed by atoms with Gasteiger partial charge in [0.15, 0.2) is 0 Å². The Balaban J connectivity index is 1.20. The van der Waals surface area contributed by atoms with Crippen molar-refractivity contribution in [2.45, 2.75) is 32.4 Å². The zero-order valence-electron chi connectivity index (χ0n) is 20.1. The second-order valence-corrected chi connectivity index (χ2v) is 9.30. The maximum absolute atomic E-state index is 13.3. The van der Waals surface area contributed by atoms with E-state index in [1.807, 2.05) is 69.0 Å². The average Bonchev–Trinajstić information content (AvgIpc) is 3.26. The average molecular weight is 476 g/mol. The molecule has 2 saturated heterocycles. The Labute approximate surface area is 206 Å². The molecule has 184 valence electrons. The predicted octanol–water partition coefficient (Wildman–Crippen LogP) is 2.77. The lowest BCUT2D eigenvalue weighted by molar-refractivity contribution is -0.136. The van der Waals surface area contributed by atoms with E-state index in [0.717, 1.165) is 61.6 Å². The molecule has 0 unspecified atom stereocenters. The van der Waals surface area contributed by atoms with E-state index in [0.29, 0.717) is 26.2 Å². The summed E-state index contributed by atoms with van der Waals surface area (Å²) in [6.45, 7) is 5.44. The highest BCUT2D eigenvalue weighted by Gasteiger charge is 2.26. The standard InChI is InChI=1S/C27H33N5O3/c33-26(30-13-7-2-8-14-30)19-29-15-17-31(18-16-29)27(34)20-32-24-12-6-5-11-23(24)28-25(32)21-35-22-9-3-1-4-10-22/h1,3-6,9-12H,2,7-8,13-21H2. The zero-order valence-corrected chi connectivity index (χ0v) is 20.1. The molecule has 0 aliphatic carbocycles. The van der Waals surface area contributed by atoms with Crippen LogP contribution in [0.5, 0.6) is 5.75 Å². The van der Waals surface area contributed by atoms with Gasteiger partial charge >= 0.3 is 0 Å². The van der Waals surface area contributed by atoms with Gasteiger partial charge < -0.3 is 19.1 Å². The summed E-state index contributed by atoms with van der Waals surface area (Å²) in [6.07, 6.45) is 3.43. The summed E-state index contributed by atoms with van der Waals surface area (Å²) >= 11 is 0. The van der Waals surface area contributed by atoms with Crippen molar-refractivity contribution in [2.75, 3.05) is 45.8 Å². The number of para-hydroxylation sites is 3. The van der Waals surface area contributed by atoms with Gasteiger partial charge in [-0.2, -0.15) is 0 Å². The van der Waals surface area contributed by atoms with Crippen LogP contribution in [0.4, 0.5) is 0 Å². The van der Waals surface area contributed by atoms with Crippen LogP contribution in [0.1, 0.15) is 25.1 Å². The highest BCUT2D eigenvalue weighted by molar-refractivity contribution is 5.81. The smallest absolute Gasteiger partial charge is 0.242 e.